The maximum Gasteiger partial charge on any atom is 0.286 e. The van der Waals surface area contributed by atoms with Gasteiger partial charge in [-0.05, 0) is 65.5 Å². The first-order valence-corrected chi connectivity index (χ1v) is 11.0. The molecule has 2 atom stereocenters. The van der Waals surface area contributed by atoms with Crippen LogP contribution in [0.2, 0.25) is 0 Å². The minimum Gasteiger partial charge on any atom is -0.330 e. The highest BCUT2D eigenvalue weighted by Crippen LogP contribution is 2.39. The van der Waals surface area contributed by atoms with E-state index in [9.17, 15) is 0 Å². The van der Waals surface area contributed by atoms with Crippen molar-refractivity contribution in [2.75, 3.05) is 32.9 Å². The molecule has 0 heterocycles. The fourth-order valence-electron chi connectivity index (χ4n) is 3.86. The van der Waals surface area contributed by atoms with Crippen molar-refractivity contribution in [2.24, 2.45) is 23.3 Å². The second-order valence-corrected chi connectivity index (χ2v) is 6.98. The molecule has 0 aromatic carbocycles. The Labute approximate surface area is 162 Å². The number of unbranched alkanes of at least 4 members (excludes halogenated alkanes) is 4. The summed E-state index contributed by atoms with van der Waals surface area (Å²) in [7, 11) is 0. The number of ether oxygens (including phenoxy) is 3. The van der Waals surface area contributed by atoms with E-state index in [1.54, 1.807) is 0 Å². The van der Waals surface area contributed by atoms with Crippen LogP contribution >= 0.6 is 0 Å². The van der Waals surface area contributed by atoms with Gasteiger partial charge in [-0.2, -0.15) is 0 Å². The third-order valence-electron chi connectivity index (χ3n) is 4.99. The van der Waals surface area contributed by atoms with E-state index in [1.165, 1.54) is 32.1 Å². The number of nitrogens with two attached hydrogens (primary N) is 2. The molecule has 0 saturated carbocycles. The van der Waals surface area contributed by atoms with E-state index >= 15 is 0 Å². The molecule has 2 unspecified atom stereocenters. The quantitative estimate of drug-likeness (QED) is 0.258. The molecular weight excluding hydrogens is 328 g/mol. The molecule has 0 aliphatic heterocycles. The van der Waals surface area contributed by atoms with Crippen LogP contribution < -0.4 is 11.5 Å². The van der Waals surface area contributed by atoms with E-state index < -0.39 is 5.97 Å². The summed E-state index contributed by atoms with van der Waals surface area (Å²) in [5.74, 6) is -0.394. The Morgan fingerprint density at radius 3 is 1.69 bits per heavy atom. The Morgan fingerprint density at radius 2 is 1.23 bits per heavy atom. The largest absolute Gasteiger partial charge is 0.330 e. The zero-order valence-corrected chi connectivity index (χ0v) is 17.9. The SMILES string of the molecule is CCCCCCCC(CCN)C(CCCN)C(OCC)(OCC)OCC. The molecule has 0 aliphatic carbocycles. The van der Waals surface area contributed by atoms with Crippen molar-refractivity contribution in [3.8, 4) is 0 Å². The summed E-state index contributed by atoms with van der Waals surface area (Å²) in [5, 5.41) is 0. The summed E-state index contributed by atoms with van der Waals surface area (Å²) in [4.78, 5) is 0. The molecule has 26 heavy (non-hydrogen) atoms. The Hall–Kier alpha value is -0.200. The fourth-order valence-corrected chi connectivity index (χ4v) is 3.86. The lowest BCUT2D eigenvalue weighted by molar-refractivity contribution is -0.408. The average molecular weight is 375 g/mol. The van der Waals surface area contributed by atoms with Crippen LogP contribution in [0.4, 0.5) is 0 Å². The molecule has 158 valence electrons. The highest BCUT2D eigenvalue weighted by molar-refractivity contribution is 4.80. The number of rotatable bonds is 19. The maximum atomic E-state index is 6.12. The number of hydrogen-bond donors (Lipinski definition) is 2. The van der Waals surface area contributed by atoms with Gasteiger partial charge < -0.3 is 25.7 Å². The van der Waals surface area contributed by atoms with Gasteiger partial charge in [0.15, 0.2) is 0 Å². The van der Waals surface area contributed by atoms with Crippen molar-refractivity contribution in [3.05, 3.63) is 0 Å². The van der Waals surface area contributed by atoms with E-state index in [2.05, 4.69) is 6.92 Å². The summed E-state index contributed by atoms with van der Waals surface area (Å²) in [6.45, 7) is 11.3. The Morgan fingerprint density at radius 1 is 0.654 bits per heavy atom. The molecule has 5 heteroatoms. The monoisotopic (exact) mass is 374 g/mol. The van der Waals surface area contributed by atoms with Gasteiger partial charge in [0, 0.05) is 25.7 Å². The topological polar surface area (TPSA) is 79.7 Å². The molecule has 0 aromatic heterocycles. The van der Waals surface area contributed by atoms with E-state index in [-0.39, 0.29) is 5.92 Å². The molecule has 0 amide bonds. The van der Waals surface area contributed by atoms with Crippen LogP contribution in [0.25, 0.3) is 0 Å². The normalized spacial score (nSPS) is 14.5. The lowest BCUT2D eigenvalue weighted by Crippen LogP contribution is -2.50. The molecule has 5 nitrogen and oxygen atoms in total. The lowest BCUT2D eigenvalue weighted by Gasteiger charge is -2.43. The Kier molecular flexibility index (Phi) is 16.8. The molecule has 0 bridgehead atoms. The van der Waals surface area contributed by atoms with Crippen LogP contribution in [0.3, 0.4) is 0 Å². The van der Waals surface area contributed by atoms with E-state index in [0.29, 0.717) is 38.8 Å². The van der Waals surface area contributed by atoms with Gasteiger partial charge in [-0.1, -0.05) is 39.0 Å². The van der Waals surface area contributed by atoms with Gasteiger partial charge in [0.05, 0.1) is 0 Å². The molecular formula is C21H46N2O3. The summed E-state index contributed by atoms with van der Waals surface area (Å²) in [6, 6.07) is 0. The van der Waals surface area contributed by atoms with Crippen molar-refractivity contribution in [3.63, 3.8) is 0 Å². The molecule has 0 aromatic rings. The standard InChI is InChI=1S/C21H46N2O3/c1-5-9-10-11-12-14-19(16-18-23)20(15-13-17-22)21(24-6-2,25-7-3)26-8-4/h19-20H,5-18,22-23H2,1-4H3. The van der Waals surface area contributed by atoms with Crippen LogP contribution in [-0.4, -0.2) is 38.9 Å². The number of hydrogen-bond acceptors (Lipinski definition) is 5. The molecule has 0 rings (SSSR count). The zero-order chi connectivity index (χ0) is 19.7. The molecule has 0 saturated heterocycles. The first-order valence-electron chi connectivity index (χ1n) is 11.0. The lowest BCUT2D eigenvalue weighted by atomic mass is 9.80. The van der Waals surface area contributed by atoms with Gasteiger partial charge in [0.1, 0.15) is 0 Å². The Bertz CT molecular complexity index is 286. The van der Waals surface area contributed by atoms with Crippen LogP contribution in [0.1, 0.15) is 85.5 Å². The van der Waals surface area contributed by atoms with Gasteiger partial charge in [0.25, 0.3) is 5.97 Å². The minimum absolute atomic E-state index is 0.153. The van der Waals surface area contributed by atoms with Gasteiger partial charge in [-0.15, -0.1) is 0 Å². The van der Waals surface area contributed by atoms with Crippen LogP contribution in [0.15, 0.2) is 0 Å². The first-order chi connectivity index (χ1) is 12.7. The van der Waals surface area contributed by atoms with Crippen molar-refractivity contribution in [1.29, 1.82) is 0 Å². The second kappa shape index (κ2) is 16.9. The van der Waals surface area contributed by atoms with Crippen molar-refractivity contribution in [1.82, 2.24) is 0 Å². The predicted molar refractivity (Wildman–Crippen MR) is 110 cm³/mol. The fraction of sp³-hybridized carbons (Fsp3) is 1.00. The van der Waals surface area contributed by atoms with Crippen molar-refractivity contribution < 1.29 is 14.2 Å². The molecule has 0 spiro atoms. The van der Waals surface area contributed by atoms with Gasteiger partial charge in [-0.3, -0.25) is 0 Å². The predicted octanol–water partition coefficient (Wildman–Crippen LogP) is 4.43. The van der Waals surface area contributed by atoms with Crippen LogP contribution in [0, 0.1) is 11.8 Å². The highest BCUT2D eigenvalue weighted by Gasteiger charge is 2.45. The molecule has 4 N–H and O–H groups in total. The third kappa shape index (κ3) is 9.65. The minimum atomic E-state index is -0.976. The average Bonchev–Trinajstić information content (AvgIpc) is 2.62. The highest BCUT2D eigenvalue weighted by atomic mass is 16.9. The van der Waals surface area contributed by atoms with Crippen LogP contribution in [0.5, 0.6) is 0 Å². The summed E-state index contributed by atoms with van der Waals surface area (Å²) >= 11 is 0. The summed E-state index contributed by atoms with van der Waals surface area (Å²) in [5.41, 5.74) is 11.8. The van der Waals surface area contributed by atoms with Gasteiger partial charge >= 0.3 is 0 Å². The summed E-state index contributed by atoms with van der Waals surface area (Å²) in [6.07, 6.45) is 10.4. The molecule has 0 radical (unpaired) electrons. The zero-order valence-electron chi connectivity index (χ0n) is 17.9. The second-order valence-electron chi connectivity index (χ2n) is 6.98. The van der Waals surface area contributed by atoms with E-state index in [4.69, 9.17) is 25.7 Å². The van der Waals surface area contributed by atoms with E-state index in [0.717, 1.165) is 25.7 Å². The van der Waals surface area contributed by atoms with Gasteiger partial charge in [-0.25, -0.2) is 0 Å². The summed E-state index contributed by atoms with van der Waals surface area (Å²) < 4.78 is 18.3. The smallest absolute Gasteiger partial charge is 0.286 e. The maximum absolute atomic E-state index is 6.12. The molecule has 0 aliphatic rings. The van der Waals surface area contributed by atoms with Crippen LogP contribution in [-0.2, 0) is 14.2 Å². The Balaban J connectivity index is 5.32. The molecule has 0 fully saturated rings. The van der Waals surface area contributed by atoms with Crippen molar-refractivity contribution in [2.45, 2.75) is 91.5 Å². The third-order valence-corrected chi connectivity index (χ3v) is 4.99. The van der Waals surface area contributed by atoms with Gasteiger partial charge in [0.2, 0.25) is 0 Å². The first kappa shape index (κ1) is 25.8. The van der Waals surface area contributed by atoms with Crippen molar-refractivity contribution >= 4 is 0 Å². The van der Waals surface area contributed by atoms with E-state index in [1.807, 2.05) is 20.8 Å².